The fourth-order valence-corrected chi connectivity index (χ4v) is 6.60. The number of aliphatic hydroxyl groups excluding tert-OH is 2. The highest BCUT2D eigenvalue weighted by molar-refractivity contribution is 6.22. The number of fused-ring (bicyclic) bond motifs is 3. The van der Waals surface area contributed by atoms with Crippen molar-refractivity contribution in [1.29, 1.82) is 0 Å². The SMILES string of the molecule is CN(C)c1cc(CN2CCCCC2)c(O)c2c1C[C@H]1C[C@H]3CC(=O)C(C(N)=O)=C(O)[C@@]3(O)C(=O)C1=C2O. The first-order valence-electron chi connectivity index (χ1n) is 12.7. The van der Waals surface area contributed by atoms with Crippen LogP contribution in [0.5, 0.6) is 5.75 Å². The van der Waals surface area contributed by atoms with Crippen molar-refractivity contribution >= 4 is 28.9 Å². The highest BCUT2D eigenvalue weighted by Crippen LogP contribution is 2.53. The van der Waals surface area contributed by atoms with Gasteiger partial charge in [0.05, 0.1) is 5.56 Å². The lowest BCUT2D eigenvalue weighted by Gasteiger charge is -2.46. The summed E-state index contributed by atoms with van der Waals surface area (Å²) >= 11 is 0. The maximum Gasteiger partial charge on any atom is 0.255 e. The summed E-state index contributed by atoms with van der Waals surface area (Å²) in [5.41, 5.74) is 4.03. The van der Waals surface area contributed by atoms with Crippen LogP contribution in [-0.2, 0) is 27.3 Å². The van der Waals surface area contributed by atoms with Crippen LogP contribution >= 0.6 is 0 Å². The third-order valence-electron chi connectivity index (χ3n) is 8.44. The highest BCUT2D eigenvalue weighted by atomic mass is 16.3. The second kappa shape index (κ2) is 8.88. The van der Waals surface area contributed by atoms with E-state index in [4.69, 9.17) is 5.73 Å². The van der Waals surface area contributed by atoms with Crippen molar-refractivity contribution < 1.29 is 34.8 Å². The number of carbonyl (C=O) groups is 3. The number of ketones is 2. The first-order valence-corrected chi connectivity index (χ1v) is 12.7. The van der Waals surface area contributed by atoms with Gasteiger partial charge in [-0.05, 0) is 56.3 Å². The van der Waals surface area contributed by atoms with Crippen LogP contribution in [0, 0.1) is 11.8 Å². The number of phenols is 1. The fraction of sp³-hybridized carbons (Fsp3) is 0.519. The van der Waals surface area contributed by atoms with Gasteiger partial charge in [0, 0.05) is 49.8 Å². The standard InChI is InChI=1S/C27H33N3O7/c1-29(2)17-10-14(12-30-6-4-3-5-7-30)22(32)20-16(17)9-13-8-15-11-18(31)21(26(28)36)25(35)27(15,37)24(34)19(13)23(20)33/h10,13,15,32-33,35,37H,3-9,11-12H2,1-2H3,(H2,28,36)/t13-,15+,27+/m1/s1. The molecule has 10 nitrogen and oxygen atoms in total. The Morgan fingerprint density at radius 2 is 1.81 bits per heavy atom. The Hall–Kier alpha value is -3.37. The largest absolute Gasteiger partial charge is 0.508 e. The first-order chi connectivity index (χ1) is 17.5. The van der Waals surface area contributed by atoms with Gasteiger partial charge < -0.3 is 31.1 Å². The lowest BCUT2D eigenvalue weighted by atomic mass is 9.59. The van der Waals surface area contributed by atoms with Gasteiger partial charge >= 0.3 is 0 Å². The summed E-state index contributed by atoms with van der Waals surface area (Å²) < 4.78 is 0. The van der Waals surface area contributed by atoms with Crippen LogP contribution in [-0.4, -0.2) is 75.6 Å². The fourth-order valence-electron chi connectivity index (χ4n) is 6.60. The average molecular weight is 512 g/mol. The van der Waals surface area contributed by atoms with Gasteiger partial charge in [0.2, 0.25) is 5.78 Å². The third kappa shape index (κ3) is 3.73. The third-order valence-corrected chi connectivity index (χ3v) is 8.44. The van der Waals surface area contributed by atoms with Gasteiger partial charge in [0.1, 0.15) is 22.8 Å². The quantitative estimate of drug-likeness (QED) is 0.377. The molecule has 6 N–H and O–H groups in total. The molecule has 3 aliphatic carbocycles. The van der Waals surface area contributed by atoms with E-state index in [0.29, 0.717) is 24.1 Å². The van der Waals surface area contributed by atoms with Crippen molar-refractivity contribution in [2.24, 2.45) is 17.6 Å². The molecule has 1 aromatic rings. The summed E-state index contributed by atoms with van der Waals surface area (Å²) in [5, 5.41) is 44.9. The van der Waals surface area contributed by atoms with Gasteiger partial charge in [-0.1, -0.05) is 6.42 Å². The molecular weight excluding hydrogens is 478 g/mol. The number of nitrogens with zero attached hydrogens (tertiary/aromatic N) is 2. The lowest BCUT2D eigenvalue weighted by Crippen LogP contribution is -2.58. The minimum atomic E-state index is -2.55. The van der Waals surface area contributed by atoms with E-state index in [1.807, 2.05) is 25.1 Å². The van der Waals surface area contributed by atoms with Crippen LogP contribution in [0.15, 0.2) is 23.0 Å². The van der Waals surface area contributed by atoms with Crippen LogP contribution < -0.4 is 10.6 Å². The Labute approximate surface area is 214 Å². The Bertz CT molecular complexity index is 1280. The first kappa shape index (κ1) is 25.3. The molecule has 1 amide bonds. The highest BCUT2D eigenvalue weighted by Gasteiger charge is 2.60. The molecule has 10 heteroatoms. The number of primary amides is 1. The molecule has 1 aliphatic heterocycles. The van der Waals surface area contributed by atoms with Crippen LogP contribution in [0.2, 0.25) is 0 Å². The Morgan fingerprint density at radius 3 is 2.43 bits per heavy atom. The number of amides is 1. The molecule has 4 aliphatic rings. The molecular formula is C27H33N3O7. The maximum absolute atomic E-state index is 13.7. The summed E-state index contributed by atoms with van der Waals surface area (Å²) in [4.78, 5) is 42.2. The molecule has 0 spiro atoms. The zero-order valence-corrected chi connectivity index (χ0v) is 21.1. The monoisotopic (exact) mass is 511 g/mol. The zero-order valence-electron chi connectivity index (χ0n) is 21.1. The topological polar surface area (TPSA) is 165 Å². The van der Waals surface area contributed by atoms with Gasteiger partial charge in [-0.2, -0.15) is 0 Å². The summed E-state index contributed by atoms with van der Waals surface area (Å²) in [6.45, 7) is 2.30. The van der Waals surface area contributed by atoms with Crippen molar-refractivity contribution in [2.45, 2.75) is 50.7 Å². The van der Waals surface area contributed by atoms with Gasteiger partial charge in [-0.25, -0.2) is 0 Å². The number of nitrogens with two attached hydrogens (primary N) is 1. The van der Waals surface area contributed by atoms with Crippen molar-refractivity contribution in [1.82, 2.24) is 4.90 Å². The summed E-state index contributed by atoms with van der Waals surface area (Å²) in [5.74, 6) is -6.09. The van der Waals surface area contributed by atoms with E-state index in [0.717, 1.165) is 31.6 Å². The van der Waals surface area contributed by atoms with Crippen molar-refractivity contribution in [2.75, 3.05) is 32.1 Å². The number of benzene rings is 1. The van der Waals surface area contributed by atoms with Crippen LogP contribution in [0.3, 0.4) is 0 Å². The number of hydrogen-bond donors (Lipinski definition) is 5. The van der Waals surface area contributed by atoms with E-state index >= 15 is 0 Å². The minimum Gasteiger partial charge on any atom is -0.508 e. The smallest absolute Gasteiger partial charge is 0.255 e. The predicted molar refractivity (Wildman–Crippen MR) is 135 cm³/mol. The van der Waals surface area contributed by atoms with Crippen LogP contribution in [0.25, 0.3) is 5.76 Å². The van der Waals surface area contributed by atoms with Gasteiger partial charge in [0.15, 0.2) is 11.4 Å². The molecule has 198 valence electrons. The Kier molecular flexibility index (Phi) is 6.07. The van der Waals surface area contributed by atoms with Gasteiger partial charge in [-0.15, -0.1) is 0 Å². The normalized spacial score (nSPS) is 28.1. The summed E-state index contributed by atoms with van der Waals surface area (Å²) in [7, 11) is 3.73. The number of piperidine rings is 1. The molecule has 5 rings (SSSR count). The number of phenolic OH excluding ortho intramolecular Hbond substituents is 1. The van der Waals surface area contributed by atoms with Crippen LogP contribution in [0.4, 0.5) is 5.69 Å². The Morgan fingerprint density at radius 1 is 1.14 bits per heavy atom. The van der Waals surface area contributed by atoms with Crippen molar-refractivity contribution in [3.8, 4) is 5.75 Å². The number of aliphatic hydroxyl groups is 3. The summed E-state index contributed by atoms with van der Waals surface area (Å²) in [6.07, 6.45) is 3.39. The average Bonchev–Trinajstić information content (AvgIpc) is 2.83. The number of rotatable bonds is 4. The molecule has 0 bridgehead atoms. The predicted octanol–water partition coefficient (Wildman–Crippen LogP) is 1.48. The van der Waals surface area contributed by atoms with E-state index in [2.05, 4.69) is 4.90 Å². The second-order valence-electron chi connectivity index (χ2n) is 10.9. The number of likely N-dealkylation sites (tertiary alicyclic amines) is 1. The minimum absolute atomic E-state index is 0.117. The number of Topliss-reactive ketones (excluding diaryl/α,β-unsaturated/α-hetero) is 2. The molecule has 1 saturated carbocycles. The van der Waals surface area contributed by atoms with Gasteiger partial charge in [0.25, 0.3) is 5.91 Å². The van der Waals surface area contributed by atoms with E-state index in [9.17, 15) is 34.8 Å². The van der Waals surface area contributed by atoms with E-state index < -0.39 is 52.0 Å². The number of carbonyl (C=O) groups excluding carboxylic acids is 3. The molecule has 0 radical (unpaired) electrons. The van der Waals surface area contributed by atoms with E-state index in [-0.39, 0.29) is 29.7 Å². The number of anilines is 1. The molecule has 37 heavy (non-hydrogen) atoms. The van der Waals surface area contributed by atoms with Gasteiger partial charge in [-0.3, -0.25) is 19.3 Å². The molecule has 0 unspecified atom stereocenters. The molecule has 0 aromatic heterocycles. The molecule has 1 saturated heterocycles. The van der Waals surface area contributed by atoms with Crippen LogP contribution in [0.1, 0.15) is 48.8 Å². The van der Waals surface area contributed by atoms with Crippen molar-refractivity contribution in [3.63, 3.8) is 0 Å². The molecule has 1 aromatic carbocycles. The molecule has 1 heterocycles. The lowest BCUT2D eigenvalue weighted by molar-refractivity contribution is -0.147. The zero-order chi connectivity index (χ0) is 26.8. The summed E-state index contributed by atoms with van der Waals surface area (Å²) in [6, 6.07) is 1.92. The Balaban J connectivity index is 1.66. The van der Waals surface area contributed by atoms with E-state index in [1.165, 1.54) is 6.42 Å². The number of aromatic hydroxyl groups is 1. The van der Waals surface area contributed by atoms with Crippen molar-refractivity contribution in [3.05, 3.63) is 39.7 Å². The molecule has 2 fully saturated rings. The van der Waals surface area contributed by atoms with E-state index in [1.54, 1.807) is 0 Å². The second-order valence-corrected chi connectivity index (χ2v) is 10.9. The maximum atomic E-state index is 13.7. The molecule has 3 atom stereocenters. The number of hydrogen-bond acceptors (Lipinski definition) is 9.